The Morgan fingerprint density at radius 2 is 1.93 bits per heavy atom. The van der Waals surface area contributed by atoms with Gasteiger partial charge in [-0.1, -0.05) is 49.1 Å². The van der Waals surface area contributed by atoms with Crippen LogP contribution in [0.15, 0.2) is 60.2 Å². The lowest BCUT2D eigenvalue weighted by atomic mass is 9.84. The summed E-state index contributed by atoms with van der Waals surface area (Å²) in [4.78, 5) is 26.9. The molecule has 0 N–H and O–H groups in total. The molecular weight excluding hydrogens is 350 g/mol. The number of ketones is 1. The second-order valence-corrected chi connectivity index (χ2v) is 8.18. The predicted octanol–water partition coefficient (Wildman–Crippen LogP) is 5.21. The normalized spacial score (nSPS) is 18.7. The molecule has 1 aliphatic carbocycles. The Labute approximate surface area is 168 Å². The van der Waals surface area contributed by atoms with Crippen molar-refractivity contribution in [1.29, 1.82) is 0 Å². The third-order valence-electron chi connectivity index (χ3n) is 4.70. The van der Waals surface area contributed by atoms with Crippen LogP contribution in [0.3, 0.4) is 0 Å². The lowest BCUT2D eigenvalue weighted by Gasteiger charge is -2.26. The fourth-order valence-corrected chi connectivity index (χ4v) is 3.35. The Hall–Kier alpha value is -2.62. The van der Waals surface area contributed by atoms with E-state index in [1.807, 2.05) is 64.1 Å². The van der Waals surface area contributed by atoms with Gasteiger partial charge in [-0.05, 0) is 62.8 Å². The van der Waals surface area contributed by atoms with Gasteiger partial charge in [0.15, 0.2) is 5.78 Å². The third-order valence-corrected chi connectivity index (χ3v) is 4.70. The van der Waals surface area contributed by atoms with Gasteiger partial charge in [0, 0.05) is 7.05 Å². The highest BCUT2D eigenvalue weighted by atomic mass is 16.6. The number of aryl methyl sites for hydroxylation is 1. The van der Waals surface area contributed by atoms with Crippen LogP contribution in [0.5, 0.6) is 0 Å². The molecule has 1 aliphatic rings. The van der Waals surface area contributed by atoms with E-state index in [0.717, 1.165) is 35.1 Å². The van der Waals surface area contributed by atoms with Crippen molar-refractivity contribution < 1.29 is 14.3 Å². The minimum absolute atomic E-state index is 0.0240. The molecule has 0 aliphatic heterocycles. The maximum atomic E-state index is 13.3. The number of Topliss-reactive ketones (excluding diaryl/α,β-unsaturated/α-hetero) is 1. The minimum atomic E-state index is -0.602. The number of likely N-dealkylation sites (N-methyl/N-ethyl adjacent to an activating group) is 1. The number of carbonyl (C=O) groups is 2. The Balaban J connectivity index is 2.32. The topological polar surface area (TPSA) is 46.6 Å². The summed E-state index contributed by atoms with van der Waals surface area (Å²) in [6.07, 6.45) is 7.18. The summed E-state index contributed by atoms with van der Waals surface area (Å²) in [5.74, 6) is -0.515. The number of hydrogen-bond donors (Lipinski definition) is 0. The summed E-state index contributed by atoms with van der Waals surface area (Å²) in [6.45, 7) is 11.6. The monoisotopic (exact) mass is 381 g/mol. The molecule has 0 bridgehead atoms. The molecule has 2 rings (SSSR count). The molecule has 0 aromatic heterocycles. The molecule has 1 amide bonds. The van der Waals surface area contributed by atoms with E-state index in [9.17, 15) is 9.59 Å². The predicted molar refractivity (Wildman–Crippen MR) is 113 cm³/mol. The van der Waals surface area contributed by atoms with Gasteiger partial charge < -0.3 is 9.64 Å². The van der Waals surface area contributed by atoms with Gasteiger partial charge in [-0.3, -0.25) is 4.79 Å². The highest BCUT2D eigenvalue weighted by molar-refractivity contribution is 5.93. The fourth-order valence-electron chi connectivity index (χ4n) is 3.35. The molecule has 28 heavy (non-hydrogen) atoms. The van der Waals surface area contributed by atoms with Crippen molar-refractivity contribution in [3.8, 4) is 0 Å². The maximum absolute atomic E-state index is 13.3. The number of amides is 1. The molecule has 1 aromatic rings. The minimum Gasteiger partial charge on any atom is -0.444 e. The van der Waals surface area contributed by atoms with Gasteiger partial charge >= 0.3 is 6.09 Å². The quantitative estimate of drug-likeness (QED) is 0.673. The Kier molecular flexibility index (Phi) is 7.00. The molecule has 1 aromatic carbocycles. The molecule has 4 nitrogen and oxygen atoms in total. The molecule has 0 heterocycles. The number of allylic oxidation sites excluding steroid dienone is 5. The second kappa shape index (κ2) is 9.05. The van der Waals surface area contributed by atoms with E-state index in [0.29, 0.717) is 0 Å². The van der Waals surface area contributed by atoms with Crippen molar-refractivity contribution in [2.24, 2.45) is 0 Å². The lowest BCUT2D eigenvalue weighted by molar-refractivity contribution is -0.120. The number of benzene rings is 1. The van der Waals surface area contributed by atoms with Gasteiger partial charge in [0.2, 0.25) is 0 Å². The van der Waals surface area contributed by atoms with Crippen molar-refractivity contribution in [3.05, 3.63) is 71.3 Å². The Morgan fingerprint density at radius 3 is 2.57 bits per heavy atom. The molecule has 0 saturated heterocycles. The van der Waals surface area contributed by atoms with Crippen LogP contribution in [-0.4, -0.2) is 36.0 Å². The van der Waals surface area contributed by atoms with Crippen LogP contribution in [0.2, 0.25) is 0 Å². The smallest absolute Gasteiger partial charge is 0.410 e. The van der Waals surface area contributed by atoms with Gasteiger partial charge in [-0.25, -0.2) is 4.79 Å². The molecule has 0 fully saturated rings. The van der Waals surface area contributed by atoms with Crippen molar-refractivity contribution >= 4 is 11.9 Å². The SMILES string of the molecule is C=C1/C(=C\C=C/C)CCc2ccccc2C1C(=O)CN(C)C(=O)OC(C)(C)C. The van der Waals surface area contributed by atoms with Crippen LogP contribution in [0.25, 0.3) is 0 Å². The summed E-state index contributed by atoms with van der Waals surface area (Å²) < 4.78 is 5.37. The van der Waals surface area contributed by atoms with E-state index in [-0.39, 0.29) is 12.3 Å². The van der Waals surface area contributed by atoms with Crippen LogP contribution in [0, 0.1) is 0 Å². The average molecular weight is 382 g/mol. The van der Waals surface area contributed by atoms with Crippen LogP contribution in [0.4, 0.5) is 4.79 Å². The number of carbonyl (C=O) groups excluding carboxylic acids is 2. The average Bonchev–Trinajstić information content (AvgIpc) is 2.74. The molecule has 4 heteroatoms. The third kappa shape index (κ3) is 5.44. The first-order valence-electron chi connectivity index (χ1n) is 9.69. The Bertz CT molecular complexity index is 811. The molecule has 1 unspecified atom stereocenters. The zero-order valence-corrected chi connectivity index (χ0v) is 17.6. The number of nitrogens with zero attached hydrogens (tertiary/aromatic N) is 1. The van der Waals surface area contributed by atoms with Crippen molar-refractivity contribution in [3.63, 3.8) is 0 Å². The fraction of sp³-hybridized carbons (Fsp3) is 0.417. The van der Waals surface area contributed by atoms with Gasteiger partial charge in [-0.15, -0.1) is 0 Å². The summed E-state index contributed by atoms with van der Waals surface area (Å²) in [5, 5.41) is 0. The highest BCUT2D eigenvalue weighted by Gasteiger charge is 2.31. The van der Waals surface area contributed by atoms with Crippen LogP contribution in [-0.2, 0) is 16.0 Å². The van der Waals surface area contributed by atoms with E-state index < -0.39 is 17.6 Å². The standard InChI is InChI=1S/C24H31NO3/c1-7-8-11-18-14-15-19-12-9-10-13-20(19)22(17(18)2)21(26)16-25(6)23(27)28-24(3,4)5/h7-13,22H,2,14-16H2,1,3-6H3/b8-7-,18-11-. The van der Waals surface area contributed by atoms with E-state index in [1.54, 1.807) is 7.05 Å². The molecular formula is C24H31NO3. The van der Waals surface area contributed by atoms with Crippen molar-refractivity contribution in [2.75, 3.05) is 13.6 Å². The largest absolute Gasteiger partial charge is 0.444 e. The number of hydrogen-bond acceptors (Lipinski definition) is 3. The van der Waals surface area contributed by atoms with Gasteiger partial charge in [0.1, 0.15) is 5.60 Å². The first kappa shape index (κ1) is 21.7. The second-order valence-electron chi connectivity index (χ2n) is 8.18. The Morgan fingerprint density at radius 1 is 1.25 bits per heavy atom. The summed E-state index contributed by atoms with van der Waals surface area (Å²) in [7, 11) is 1.59. The number of fused-ring (bicyclic) bond motifs is 1. The van der Waals surface area contributed by atoms with Gasteiger partial charge in [0.25, 0.3) is 0 Å². The molecule has 0 saturated carbocycles. The lowest BCUT2D eigenvalue weighted by Crippen LogP contribution is -2.38. The molecule has 0 radical (unpaired) electrons. The summed E-state index contributed by atoms with van der Waals surface area (Å²) >= 11 is 0. The van der Waals surface area contributed by atoms with E-state index in [2.05, 4.69) is 12.6 Å². The van der Waals surface area contributed by atoms with Gasteiger partial charge in [0.05, 0.1) is 12.5 Å². The summed E-state index contributed by atoms with van der Waals surface area (Å²) in [5.41, 5.74) is 3.43. The highest BCUT2D eigenvalue weighted by Crippen LogP contribution is 2.37. The summed E-state index contributed by atoms with van der Waals surface area (Å²) in [6, 6.07) is 8.01. The van der Waals surface area contributed by atoms with Crippen LogP contribution < -0.4 is 0 Å². The van der Waals surface area contributed by atoms with E-state index >= 15 is 0 Å². The zero-order chi connectivity index (χ0) is 20.9. The van der Waals surface area contributed by atoms with Gasteiger partial charge in [-0.2, -0.15) is 0 Å². The van der Waals surface area contributed by atoms with Crippen LogP contribution >= 0.6 is 0 Å². The first-order chi connectivity index (χ1) is 13.1. The number of ether oxygens (including phenoxy) is 1. The van der Waals surface area contributed by atoms with Crippen LogP contribution in [0.1, 0.15) is 51.2 Å². The van der Waals surface area contributed by atoms with E-state index in [1.165, 1.54) is 4.90 Å². The zero-order valence-electron chi connectivity index (χ0n) is 17.6. The first-order valence-corrected chi connectivity index (χ1v) is 9.69. The van der Waals surface area contributed by atoms with Crippen molar-refractivity contribution in [1.82, 2.24) is 4.90 Å². The van der Waals surface area contributed by atoms with Crippen molar-refractivity contribution in [2.45, 2.75) is 52.1 Å². The molecule has 150 valence electrons. The number of rotatable bonds is 4. The molecule has 0 spiro atoms. The van der Waals surface area contributed by atoms with E-state index in [4.69, 9.17) is 4.74 Å². The maximum Gasteiger partial charge on any atom is 0.410 e. The molecule has 1 atom stereocenters.